The maximum atomic E-state index is 12.8. The highest BCUT2D eigenvalue weighted by atomic mass is 35.5. The SMILES string of the molecule is FC(F)(F)c1cccc(NC(=S)N2CCN(Cc3cccc(Cl)c3)CC2)c1. The van der Waals surface area contributed by atoms with E-state index in [1.807, 2.05) is 29.2 Å². The van der Waals surface area contributed by atoms with Crippen LogP contribution in [0.15, 0.2) is 48.5 Å². The van der Waals surface area contributed by atoms with Gasteiger partial charge in [0.15, 0.2) is 5.11 Å². The standard InChI is InChI=1S/C19H19ClF3N3S/c20-16-5-1-3-14(11-16)13-25-7-9-26(10-8-25)18(27)24-17-6-2-4-15(12-17)19(21,22)23/h1-6,11-12H,7-10,13H2,(H,24,27). The smallest absolute Gasteiger partial charge is 0.346 e. The largest absolute Gasteiger partial charge is 0.416 e. The number of alkyl halides is 3. The molecule has 0 unspecified atom stereocenters. The zero-order chi connectivity index (χ0) is 19.4. The monoisotopic (exact) mass is 413 g/mol. The van der Waals surface area contributed by atoms with E-state index in [4.69, 9.17) is 23.8 Å². The number of nitrogens with zero attached hydrogens (tertiary/aromatic N) is 2. The zero-order valence-corrected chi connectivity index (χ0v) is 16.0. The van der Waals surface area contributed by atoms with Gasteiger partial charge in [-0.3, -0.25) is 4.90 Å². The summed E-state index contributed by atoms with van der Waals surface area (Å²) in [5, 5.41) is 4.08. The number of hydrogen-bond acceptors (Lipinski definition) is 2. The zero-order valence-electron chi connectivity index (χ0n) is 14.5. The lowest BCUT2D eigenvalue weighted by Gasteiger charge is -2.36. The molecule has 1 N–H and O–H groups in total. The predicted octanol–water partition coefficient (Wildman–Crippen LogP) is 4.87. The highest BCUT2D eigenvalue weighted by Gasteiger charge is 2.30. The van der Waals surface area contributed by atoms with Crippen molar-refractivity contribution in [3.8, 4) is 0 Å². The van der Waals surface area contributed by atoms with Gasteiger partial charge in [-0.15, -0.1) is 0 Å². The molecule has 1 fully saturated rings. The maximum absolute atomic E-state index is 12.8. The molecule has 2 aromatic carbocycles. The number of piperazine rings is 1. The van der Waals surface area contributed by atoms with Gasteiger partial charge in [0.1, 0.15) is 0 Å². The van der Waals surface area contributed by atoms with Crippen molar-refractivity contribution < 1.29 is 13.2 Å². The molecule has 1 aliphatic rings. The molecule has 0 spiro atoms. The first-order valence-corrected chi connectivity index (χ1v) is 9.30. The van der Waals surface area contributed by atoms with Crippen LogP contribution in [0.25, 0.3) is 0 Å². The van der Waals surface area contributed by atoms with Crippen molar-refractivity contribution in [2.75, 3.05) is 31.5 Å². The normalized spacial score (nSPS) is 15.6. The van der Waals surface area contributed by atoms with E-state index in [2.05, 4.69) is 10.2 Å². The third-order valence-corrected chi connectivity index (χ3v) is 4.99. The van der Waals surface area contributed by atoms with Crippen LogP contribution in [0.4, 0.5) is 18.9 Å². The fourth-order valence-corrected chi connectivity index (χ4v) is 3.49. The van der Waals surface area contributed by atoms with Crippen LogP contribution in [0.5, 0.6) is 0 Å². The van der Waals surface area contributed by atoms with E-state index in [1.165, 1.54) is 6.07 Å². The summed E-state index contributed by atoms with van der Waals surface area (Å²) in [6.07, 6.45) is -4.37. The number of nitrogens with one attached hydrogen (secondary N) is 1. The molecule has 0 radical (unpaired) electrons. The van der Waals surface area contributed by atoms with Gasteiger partial charge in [-0.1, -0.05) is 29.8 Å². The van der Waals surface area contributed by atoms with Gasteiger partial charge in [0.2, 0.25) is 0 Å². The topological polar surface area (TPSA) is 18.5 Å². The minimum atomic E-state index is -4.37. The molecular weight excluding hydrogens is 395 g/mol. The molecule has 1 heterocycles. The van der Waals surface area contributed by atoms with Gasteiger partial charge in [-0.2, -0.15) is 13.2 Å². The molecule has 3 nitrogen and oxygen atoms in total. The summed E-state index contributed by atoms with van der Waals surface area (Å²) in [6, 6.07) is 12.8. The quantitative estimate of drug-likeness (QED) is 0.723. The lowest BCUT2D eigenvalue weighted by atomic mass is 10.2. The highest BCUT2D eigenvalue weighted by Crippen LogP contribution is 2.30. The van der Waals surface area contributed by atoms with Crippen LogP contribution < -0.4 is 5.32 Å². The number of thiocarbonyl (C=S) groups is 1. The number of halogens is 4. The Bertz CT molecular complexity index is 805. The maximum Gasteiger partial charge on any atom is 0.416 e. The van der Waals surface area contributed by atoms with E-state index >= 15 is 0 Å². The molecule has 0 amide bonds. The molecular formula is C19H19ClF3N3S. The molecule has 0 bridgehead atoms. The van der Waals surface area contributed by atoms with Crippen LogP contribution in [0.2, 0.25) is 5.02 Å². The summed E-state index contributed by atoms with van der Waals surface area (Å²) >= 11 is 11.4. The molecule has 0 aromatic heterocycles. The van der Waals surface area contributed by atoms with Crippen molar-refractivity contribution >= 4 is 34.6 Å². The van der Waals surface area contributed by atoms with Crippen molar-refractivity contribution in [3.05, 3.63) is 64.7 Å². The lowest BCUT2D eigenvalue weighted by molar-refractivity contribution is -0.137. The van der Waals surface area contributed by atoms with Crippen molar-refractivity contribution in [1.29, 1.82) is 0 Å². The van der Waals surface area contributed by atoms with E-state index in [-0.39, 0.29) is 0 Å². The second-order valence-corrected chi connectivity index (χ2v) is 7.22. The molecule has 1 aliphatic heterocycles. The molecule has 0 saturated carbocycles. The van der Waals surface area contributed by atoms with Crippen LogP contribution in [-0.4, -0.2) is 41.1 Å². The van der Waals surface area contributed by atoms with E-state index in [9.17, 15) is 13.2 Å². The Morgan fingerprint density at radius 1 is 1.04 bits per heavy atom. The first kappa shape index (κ1) is 19.9. The highest BCUT2D eigenvalue weighted by molar-refractivity contribution is 7.80. The second kappa shape index (κ2) is 8.46. The number of hydrogen-bond donors (Lipinski definition) is 1. The summed E-state index contributed by atoms with van der Waals surface area (Å²) in [7, 11) is 0. The molecule has 27 heavy (non-hydrogen) atoms. The third kappa shape index (κ3) is 5.57. The summed E-state index contributed by atoms with van der Waals surface area (Å²) < 4.78 is 38.5. The van der Waals surface area contributed by atoms with Gasteiger partial charge in [0, 0.05) is 43.4 Å². The van der Waals surface area contributed by atoms with E-state index in [1.54, 1.807) is 6.07 Å². The van der Waals surface area contributed by atoms with Crippen molar-refractivity contribution in [2.45, 2.75) is 12.7 Å². The van der Waals surface area contributed by atoms with Crippen LogP contribution in [-0.2, 0) is 12.7 Å². The van der Waals surface area contributed by atoms with Gasteiger partial charge in [-0.05, 0) is 48.1 Å². The average molecular weight is 414 g/mol. The first-order valence-electron chi connectivity index (χ1n) is 8.51. The Morgan fingerprint density at radius 3 is 2.41 bits per heavy atom. The fraction of sp³-hybridized carbons (Fsp3) is 0.316. The van der Waals surface area contributed by atoms with E-state index < -0.39 is 11.7 Å². The van der Waals surface area contributed by atoms with Crippen LogP contribution >= 0.6 is 23.8 Å². The Labute approximate surface area is 166 Å². The Kier molecular flexibility index (Phi) is 6.24. The first-order chi connectivity index (χ1) is 12.8. The van der Waals surface area contributed by atoms with Crippen molar-refractivity contribution in [3.63, 3.8) is 0 Å². The summed E-state index contributed by atoms with van der Waals surface area (Å²) in [5.41, 5.74) is 0.804. The van der Waals surface area contributed by atoms with Gasteiger partial charge < -0.3 is 10.2 Å². The summed E-state index contributed by atoms with van der Waals surface area (Å²) in [4.78, 5) is 4.28. The van der Waals surface area contributed by atoms with E-state index in [0.29, 0.717) is 23.9 Å². The van der Waals surface area contributed by atoms with Gasteiger partial charge >= 0.3 is 6.18 Å². The van der Waals surface area contributed by atoms with Gasteiger partial charge in [-0.25, -0.2) is 0 Å². The van der Waals surface area contributed by atoms with Crippen molar-refractivity contribution in [1.82, 2.24) is 9.80 Å². The molecule has 3 rings (SSSR count). The van der Waals surface area contributed by atoms with Crippen LogP contribution in [0, 0.1) is 0 Å². The molecule has 0 aliphatic carbocycles. The minimum absolute atomic E-state index is 0.344. The van der Waals surface area contributed by atoms with Gasteiger partial charge in [0.05, 0.1) is 5.56 Å². The molecule has 1 saturated heterocycles. The molecule has 2 aromatic rings. The minimum Gasteiger partial charge on any atom is -0.346 e. The Morgan fingerprint density at radius 2 is 1.74 bits per heavy atom. The van der Waals surface area contributed by atoms with Crippen molar-refractivity contribution in [2.24, 2.45) is 0 Å². The summed E-state index contributed by atoms with van der Waals surface area (Å²) in [5.74, 6) is 0. The molecule has 8 heteroatoms. The molecule has 0 atom stereocenters. The number of benzene rings is 2. The van der Waals surface area contributed by atoms with E-state index in [0.717, 1.165) is 42.4 Å². The molecule has 144 valence electrons. The average Bonchev–Trinajstić information content (AvgIpc) is 2.62. The lowest BCUT2D eigenvalue weighted by Crippen LogP contribution is -2.49. The fourth-order valence-electron chi connectivity index (χ4n) is 2.98. The predicted molar refractivity (Wildman–Crippen MR) is 106 cm³/mol. The number of rotatable bonds is 3. The second-order valence-electron chi connectivity index (χ2n) is 6.40. The Hall–Kier alpha value is -1.83. The third-order valence-electron chi connectivity index (χ3n) is 4.40. The van der Waals surface area contributed by atoms with Crippen LogP contribution in [0.3, 0.4) is 0 Å². The number of anilines is 1. The summed E-state index contributed by atoms with van der Waals surface area (Å²) in [6.45, 7) is 3.87. The Balaban J connectivity index is 1.53. The van der Waals surface area contributed by atoms with Crippen LogP contribution in [0.1, 0.15) is 11.1 Å². The van der Waals surface area contributed by atoms with Gasteiger partial charge in [0.25, 0.3) is 0 Å².